The van der Waals surface area contributed by atoms with E-state index >= 15 is 0 Å². The van der Waals surface area contributed by atoms with Crippen LogP contribution in [0.5, 0.6) is 0 Å². The zero-order valence-corrected chi connectivity index (χ0v) is 16.6. The Morgan fingerprint density at radius 3 is 2.63 bits per heavy atom. The Hall–Kier alpha value is -3.00. The van der Waals surface area contributed by atoms with Crippen molar-refractivity contribution in [3.63, 3.8) is 0 Å². The van der Waals surface area contributed by atoms with Gasteiger partial charge in [-0.2, -0.15) is 18.3 Å². The molecule has 9 heteroatoms. The summed E-state index contributed by atoms with van der Waals surface area (Å²) in [7, 11) is 0. The molecule has 3 aromatic rings. The Morgan fingerprint density at radius 1 is 1.23 bits per heavy atom. The van der Waals surface area contributed by atoms with E-state index in [9.17, 15) is 18.0 Å². The summed E-state index contributed by atoms with van der Waals surface area (Å²) in [6, 6.07) is 11.3. The zero-order valence-electron chi connectivity index (χ0n) is 15.9. The summed E-state index contributed by atoms with van der Waals surface area (Å²) in [6.07, 6.45) is -3.58. The van der Waals surface area contributed by atoms with Crippen LogP contribution in [0.1, 0.15) is 40.0 Å². The van der Waals surface area contributed by atoms with E-state index in [1.807, 2.05) is 19.1 Å². The number of amides is 1. The lowest BCUT2D eigenvalue weighted by Crippen LogP contribution is -2.36. The van der Waals surface area contributed by atoms with Gasteiger partial charge in [-0.25, -0.2) is 4.68 Å². The number of aryl methyl sites for hydroxylation is 1. The minimum absolute atomic E-state index is 0.0287. The van der Waals surface area contributed by atoms with Crippen LogP contribution in [0.25, 0.3) is 0 Å². The minimum Gasteiger partial charge on any atom is -0.363 e. The number of rotatable bonds is 3. The molecule has 5 nitrogen and oxygen atoms in total. The van der Waals surface area contributed by atoms with Gasteiger partial charge in [0.25, 0.3) is 5.91 Å². The number of hydrogen-bond acceptors (Lipinski definition) is 3. The van der Waals surface area contributed by atoms with E-state index in [0.717, 1.165) is 16.4 Å². The van der Waals surface area contributed by atoms with E-state index in [-0.39, 0.29) is 17.8 Å². The lowest BCUT2D eigenvalue weighted by Gasteiger charge is -2.34. The molecular weight excluding hydrogens is 417 g/mol. The molecule has 4 rings (SSSR count). The van der Waals surface area contributed by atoms with E-state index in [1.54, 1.807) is 36.4 Å². The zero-order chi connectivity index (χ0) is 21.5. The van der Waals surface area contributed by atoms with Gasteiger partial charge in [0.05, 0.1) is 12.2 Å². The van der Waals surface area contributed by atoms with E-state index in [1.165, 1.54) is 0 Å². The van der Waals surface area contributed by atoms with Crippen molar-refractivity contribution >= 4 is 29.0 Å². The molecule has 2 N–H and O–H groups in total. The van der Waals surface area contributed by atoms with E-state index in [4.69, 9.17) is 11.6 Å². The average Bonchev–Trinajstić information content (AvgIpc) is 3.11. The maximum atomic E-state index is 13.8. The number of carbonyl (C=O) groups is 1. The number of alkyl halides is 3. The fourth-order valence-electron chi connectivity index (χ4n) is 3.51. The third-order valence-electron chi connectivity index (χ3n) is 5.05. The number of fused-ring (bicyclic) bond motifs is 1. The standard InChI is InChI=1S/C21H18ClF3N4O/c1-12-5-7-13(8-6-12)17-10-18(21(23,24)25)29-19(28-17)16(11-26-29)20(30)27-15-4-2-3-14(22)9-15/h2-9,11,17-18,28H,10H2,1H3,(H,27,30)/t17-,18+/m1/s1. The van der Waals surface area contributed by atoms with Gasteiger partial charge in [-0.15, -0.1) is 0 Å². The molecule has 0 bridgehead atoms. The smallest absolute Gasteiger partial charge is 0.363 e. The van der Waals surface area contributed by atoms with Gasteiger partial charge in [0.15, 0.2) is 6.04 Å². The average molecular weight is 435 g/mol. The van der Waals surface area contributed by atoms with Crippen molar-refractivity contribution in [1.29, 1.82) is 0 Å². The molecule has 1 aliphatic heterocycles. The number of nitrogens with zero attached hydrogens (tertiary/aromatic N) is 2. The van der Waals surface area contributed by atoms with Crippen molar-refractivity contribution < 1.29 is 18.0 Å². The lowest BCUT2D eigenvalue weighted by atomic mass is 9.96. The van der Waals surface area contributed by atoms with Crippen molar-refractivity contribution in [3.8, 4) is 0 Å². The molecule has 0 spiro atoms. The minimum atomic E-state index is -4.51. The molecule has 0 radical (unpaired) electrons. The third-order valence-corrected chi connectivity index (χ3v) is 5.28. The van der Waals surface area contributed by atoms with Crippen LogP contribution in [-0.2, 0) is 0 Å². The van der Waals surface area contributed by atoms with Gasteiger partial charge in [0.2, 0.25) is 0 Å². The number of carbonyl (C=O) groups excluding carboxylic acids is 1. The highest BCUT2D eigenvalue weighted by atomic mass is 35.5. The molecule has 0 fully saturated rings. The highest BCUT2D eigenvalue weighted by Gasteiger charge is 2.47. The molecule has 0 saturated heterocycles. The van der Waals surface area contributed by atoms with Gasteiger partial charge >= 0.3 is 6.18 Å². The molecule has 2 heterocycles. The van der Waals surface area contributed by atoms with Crippen LogP contribution in [0.4, 0.5) is 24.7 Å². The second kappa shape index (κ2) is 7.68. The van der Waals surface area contributed by atoms with E-state index < -0.39 is 24.2 Å². The van der Waals surface area contributed by atoms with Gasteiger partial charge in [0.1, 0.15) is 11.4 Å². The number of benzene rings is 2. The maximum Gasteiger partial charge on any atom is 0.410 e. The topological polar surface area (TPSA) is 59.0 Å². The van der Waals surface area contributed by atoms with Crippen molar-refractivity contribution in [2.75, 3.05) is 10.6 Å². The quantitative estimate of drug-likeness (QED) is 0.551. The lowest BCUT2D eigenvalue weighted by molar-refractivity contribution is -0.173. The largest absolute Gasteiger partial charge is 0.410 e. The molecule has 1 aliphatic rings. The Morgan fingerprint density at radius 2 is 1.97 bits per heavy atom. The van der Waals surface area contributed by atoms with Crippen LogP contribution < -0.4 is 10.6 Å². The van der Waals surface area contributed by atoms with Crippen molar-refractivity contribution in [1.82, 2.24) is 9.78 Å². The van der Waals surface area contributed by atoms with E-state index in [2.05, 4.69) is 15.7 Å². The first-order chi connectivity index (χ1) is 14.2. The molecule has 0 unspecified atom stereocenters. The van der Waals surface area contributed by atoms with Crippen LogP contribution in [0.3, 0.4) is 0 Å². The highest BCUT2D eigenvalue weighted by molar-refractivity contribution is 6.31. The third kappa shape index (κ3) is 4.00. The molecule has 1 amide bonds. The van der Waals surface area contributed by atoms with Crippen molar-refractivity contribution in [3.05, 3.63) is 76.4 Å². The van der Waals surface area contributed by atoms with Gasteiger partial charge in [-0.3, -0.25) is 4.79 Å². The maximum absolute atomic E-state index is 13.8. The molecular formula is C21H18ClF3N4O. The monoisotopic (exact) mass is 434 g/mol. The SMILES string of the molecule is Cc1ccc([C@H]2C[C@@H](C(F)(F)F)n3ncc(C(=O)Nc4cccc(Cl)c4)c3N2)cc1. The predicted octanol–water partition coefficient (Wildman–Crippen LogP) is 5.76. The summed E-state index contributed by atoms with van der Waals surface area (Å²) in [4.78, 5) is 12.8. The van der Waals surface area contributed by atoms with Crippen LogP contribution in [0, 0.1) is 6.92 Å². The second-order valence-electron chi connectivity index (χ2n) is 7.22. The highest BCUT2D eigenvalue weighted by Crippen LogP contribution is 2.44. The normalized spacial score (nSPS) is 18.4. The van der Waals surface area contributed by atoms with Crippen LogP contribution >= 0.6 is 11.6 Å². The van der Waals surface area contributed by atoms with Gasteiger partial charge in [-0.05, 0) is 30.7 Å². The Kier molecular flexibility index (Phi) is 5.19. The molecule has 156 valence electrons. The number of anilines is 2. The summed E-state index contributed by atoms with van der Waals surface area (Å²) in [5.74, 6) is -0.537. The van der Waals surface area contributed by atoms with Crippen LogP contribution in [-0.4, -0.2) is 21.9 Å². The Labute approximate surface area is 175 Å². The summed E-state index contributed by atoms with van der Waals surface area (Å²) >= 11 is 5.93. The van der Waals surface area contributed by atoms with Crippen LogP contribution in [0.2, 0.25) is 5.02 Å². The van der Waals surface area contributed by atoms with Crippen LogP contribution in [0.15, 0.2) is 54.7 Å². The Balaban J connectivity index is 1.69. The summed E-state index contributed by atoms with van der Waals surface area (Å²) in [6.45, 7) is 1.91. The predicted molar refractivity (Wildman–Crippen MR) is 109 cm³/mol. The van der Waals surface area contributed by atoms with Gasteiger partial charge in [0, 0.05) is 17.1 Å². The van der Waals surface area contributed by atoms with Crippen molar-refractivity contribution in [2.24, 2.45) is 0 Å². The van der Waals surface area contributed by atoms with Crippen molar-refractivity contribution in [2.45, 2.75) is 31.6 Å². The molecule has 1 aromatic heterocycles. The Bertz CT molecular complexity index is 1080. The first-order valence-electron chi connectivity index (χ1n) is 9.26. The molecule has 0 saturated carbocycles. The summed E-state index contributed by atoms with van der Waals surface area (Å²) in [5.41, 5.74) is 2.18. The number of hydrogen-bond donors (Lipinski definition) is 2. The second-order valence-corrected chi connectivity index (χ2v) is 7.65. The molecule has 2 aromatic carbocycles. The number of halogens is 4. The fourth-order valence-corrected chi connectivity index (χ4v) is 3.70. The first kappa shape index (κ1) is 20.3. The summed E-state index contributed by atoms with van der Waals surface area (Å²) < 4.78 is 42.2. The fraction of sp³-hybridized carbons (Fsp3) is 0.238. The number of aromatic nitrogens is 2. The summed E-state index contributed by atoms with van der Waals surface area (Å²) in [5, 5.41) is 10.0. The first-order valence-corrected chi connectivity index (χ1v) is 9.64. The van der Waals surface area contributed by atoms with Gasteiger partial charge in [-0.1, -0.05) is 47.5 Å². The molecule has 2 atom stereocenters. The number of nitrogens with one attached hydrogen (secondary N) is 2. The van der Waals surface area contributed by atoms with E-state index in [0.29, 0.717) is 16.3 Å². The van der Waals surface area contributed by atoms with Gasteiger partial charge < -0.3 is 10.6 Å². The molecule has 30 heavy (non-hydrogen) atoms. The molecule has 0 aliphatic carbocycles.